The van der Waals surface area contributed by atoms with Crippen LogP contribution in [0.4, 0.5) is 0 Å². The van der Waals surface area contributed by atoms with Gasteiger partial charge in [0.1, 0.15) is 0 Å². The van der Waals surface area contributed by atoms with Crippen LogP contribution in [-0.2, 0) is 4.79 Å². The van der Waals surface area contributed by atoms with Gasteiger partial charge < -0.3 is 14.8 Å². The van der Waals surface area contributed by atoms with Crippen LogP contribution >= 0.6 is 11.3 Å². The first kappa shape index (κ1) is 21.1. The normalized spacial score (nSPS) is 10.6. The van der Waals surface area contributed by atoms with Gasteiger partial charge in [0, 0.05) is 21.4 Å². The van der Waals surface area contributed by atoms with Crippen LogP contribution in [0, 0.1) is 0 Å². The van der Waals surface area contributed by atoms with E-state index in [0.717, 1.165) is 16.0 Å². The molecule has 0 fully saturated rings. The second-order valence-electron chi connectivity index (χ2n) is 6.16. The Labute approximate surface area is 178 Å². The summed E-state index contributed by atoms with van der Waals surface area (Å²) in [6.07, 6.45) is 1.57. The van der Waals surface area contributed by atoms with Gasteiger partial charge in [-0.1, -0.05) is 30.3 Å². The van der Waals surface area contributed by atoms with Crippen molar-refractivity contribution in [1.82, 2.24) is 10.7 Å². The number of carbonyl (C=O) groups is 2. The zero-order valence-electron chi connectivity index (χ0n) is 16.5. The summed E-state index contributed by atoms with van der Waals surface area (Å²) in [5.41, 5.74) is 4.77. The summed E-state index contributed by atoms with van der Waals surface area (Å²) >= 11 is 1.60. The molecule has 1 heterocycles. The summed E-state index contributed by atoms with van der Waals surface area (Å²) in [4.78, 5) is 25.3. The number of rotatable bonds is 8. The van der Waals surface area contributed by atoms with E-state index in [1.165, 1.54) is 14.2 Å². The zero-order chi connectivity index (χ0) is 21.3. The maximum Gasteiger partial charge on any atom is 0.259 e. The van der Waals surface area contributed by atoms with Crippen molar-refractivity contribution in [3.63, 3.8) is 0 Å². The van der Waals surface area contributed by atoms with E-state index in [0.29, 0.717) is 17.1 Å². The third kappa shape index (κ3) is 5.45. The van der Waals surface area contributed by atoms with Crippen molar-refractivity contribution in [3.05, 3.63) is 71.1 Å². The van der Waals surface area contributed by atoms with E-state index in [-0.39, 0.29) is 6.54 Å². The minimum atomic E-state index is -0.432. The molecule has 0 aliphatic heterocycles. The van der Waals surface area contributed by atoms with Gasteiger partial charge >= 0.3 is 0 Å². The fraction of sp³-hybridized carbons (Fsp3) is 0.136. The second kappa shape index (κ2) is 10.2. The summed E-state index contributed by atoms with van der Waals surface area (Å²) < 4.78 is 10.3. The quantitative estimate of drug-likeness (QED) is 0.430. The molecular formula is C22H21N3O4S. The predicted octanol–water partition coefficient (Wildman–Crippen LogP) is 3.31. The van der Waals surface area contributed by atoms with Crippen LogP contribution in [-0.4, -0.2) is 38.8 Å². The number of nitrogens with one attached hydrogen (secondary N) is 2. The fourth-order valence-electron chi connectivity index (χ4n) is 2.63. The van der Waals surface area contributed by atoms with Crippen LogP contribution in [0.3, 0.4) is 0 Å². The van der Waals surface area contributed by atoms with E-state index in [9.17, 15) is 9.59 Å². The van der Waals surface area contributed by atoms with Crippen LogP contribution < -0.4 is 20.2 Å². The molecule has 154 valence electrons. The SMILES string of the molecule is COc1ccc(C(=O)NCC(=O)N/N=C/c2csc(-c3ccccc3)c2)cc1OC. The summed E-state index contributed by atoms with van der Waals surface area (Å²) in [6, 6.07) is 16.8. The number of amides is 2. The molecule has 0 saturated carbocycles. The van der Waals surface area contributed by atoms with Crippen LogP contribution in [0.5, 0.6) is 11.5 Å². The molecule has 0 unspecified atom stereocenters. The maximum atomic E-state index is 12.2. The Balaban J connectivity index is 1.49. The summed E-state index contributed by atoms with van der Waals surface area (Å²) in [5, 5.41) is 8.44. The molecular weight excluding hydrogens is 402 g/mol. The molecule has 8 heteroatoms. The van der Waals surface area contributed by atoms with E-state index in [1.54, 1.807) is 35.8 Å². The molecule has 1 aromatic heterocycles. The van der Waals surface area contributed by atoms with Gasteiger partial charge in [0.2, 0.25) is 0 Å². The molecule has 2 amide bonds. The predicted molar refractivity (Wildman–Crippen MR) is 117 cm³/mol. The van der Waals surface area contributed by atoms with Crippen molar-refractivity contribution >= 4 is 29.4 Å². The lowest BCUT2D eigenvalue weighted by Gasteiger charge is -2.09. The lowest BCUT2D eigenvalue weighted by atomic mass is 10.2. The highest BCUT2D eigenvalue weighted by atomic mass is 32.1. The molecule has 0 bridgehead atoms. The summed E-state index contributed by atoms with van der Waals surface area (Å²) in [5.74, 6) is 0.119. The van der Waals surface area contributed by atoms with Gasteiger partial charge in [0.05, 0.1) is 27.0 Å². The number of benzene rings is 2. The van der Waals surface area contributed by atoms with Gasteiger partial charge in [-0.05, 0) is 29.8 Å². The molecule has 30 heavy (non-hydrogen) atoms. The third-order valence-electron chi connectivity index (χ3n) is 4.14. The van der Waals surface area contributed by atoms with E-state index < -0.39 is 11.8 Å². The Bertz CT molecular complexity index is 1050. The number of hydrogen-bond donors (Lipinski definition) is 2. The van der Waals surface area contributed by atoms with E-state index in [4.69, 9.17) is 9.47 Å². The van der Waals surface area contributed by atoms with Gasteiger partial charge in [-0.2, -0.15) is 5.10 Å². The number of ether oxygens (including phenoxy) is 2. The minimum absolute atomic E-state index is 0.205. The average molecular weight is 423 g/mol. The number of carbonyl (C=O) groups excluding carboxylic acids is 2. The summed E-state index contributed by atoms with van der Waals surface area (Å²) in [6.45, 7) is -0.205. The number of nitrogens with zero attached hydrogens (tertiary/aromatic N) is 1. The van der Waals surface area contributed by atoms with Crippen molar-refractivity contribution in [3.8, 4) is 21.9 Å². The molecule has 2 N–H and O–H groups in total. The Morgan fingerprint density at radius 2 is 1.80 bits per heavy atom. The van der Waals surface area contributed by atoms with Gasteiger partial charge in [-0.15, -0.1) is 11.3 Å². The third-order valence-corrected chi connectivity index (χ3v) is 5.13. The van der Waals surface area contributed by atoms with Gasteiger partial charge in [0.25, 0.3) is 11.8 Å². The van der Waals surface area contributed by atoms with Gasteiger partial charge in [0.15, 0.2) is 11.5 Å². The van der Waals surface area contributed by atoms with Crippen molar-refractivity contribution in [2.75, 3.05) is 20.8 Å². The van der Waals surface area contributed by atoms with Crippen LogP contribution in [0.2, 0.25) is 0 Å². The fourth-order valence-corrected chi connectivity index (χ4v) is 3.50. The smallest absolute Gasteiger partial charge is 0.259 e. The van der Waals surface area contributed by atoms with Crippen LogP contribution in [0.15, 0.2) is 65.1 Å². The first-order chi connectivity index (χ1) is 14.6. The molecule has 3 rings (SSSR count). The topological polar surface area (TPSA) is 89.0 Å². The Morgan fingerprint density at radius 1 is 1.03 bits per heavy atom. The van der Waals surface area contributed by atoms with Crippen LogP contribution in [0.1, 0.15) is 15.9 Å². The molecule has 7 nitrogen and oxygen atoms in total. The van der Waals surface area contributed by atoms with Crippen molar-refractivity contribution in [2.45, 2.75) is 0 Å². The zero-order valence-corrected chi connectivity index (χ0v) is 17.4. The lowest BCUT2D eigenvalue weighted by molar-refractivity contribution is -0.120. The van der Waals surface area contributed by atoms with Crippen molar-refractivity contribution in [2.24, 2.45) is 5.10 Å². The van der Waals surface area contributed by atoms with Gasteiger partial charge in [-0.25, -0.2) is 5.43 Å². The van der Waals surface area contributed by atoms with Gasteiger partial charge in [-0.3, -0.25) is 9.59 Å². The largest absolute Gasteiger partial charge is 0.493 e. The number of hydrazone groups is 1. The highest BCUT2D eigenvalue weighted by Gasteiger charge is 2.11. The highest BCUT2D eigenvalue weighted by Crippen LogP contribution is 2.27. The first-order valence-electron chi connectivity index (χ1n) is 9.07. The molecule has 0 aliphatic carbocycles. The molecule has 0 aliphatic rings. The number of methoxy groups -OCH3 is 2. The molecule has 0 atom stereocenters. The highest BCUT2D eigenvalue weighted by molar-refractivity contribution is 7.13. The Hall–Kier alpha value is -3.65. The molecule has 2 aromatic carbocycles. The maximum absolute atomic E-state index is 12.2. The monoisotopic (exact) mass is 423 g/mol. The first-order valence-corrected chi connectivity index (χ1v) is 9.94. The van der Waals surface area contributed by atoms with Crippen molar-refractivity contribution in [1.29, 1.82) is 0 Å². The summed E-state index contributed by atoms with van der Waals surface area (Å²) in [7, 11) is 3.00. The lowest BCUT2D eigenvalue weighted by Crippen LogP contribution is -2.34. The molecule has 0 spiro atoms. The van der Waals surface area contributed by atoms with Crippen LogP contribution in [0.25, 0.3) is 10.4 Å². The molecule has 0 radical (unpaired) electrons. The second-order valence-corrected chi connectivity index (χ2v) is 7.07. The van der Waals surface area contributed by atoms with E-state index in [1.807, 2.05) is 41.8 Å². The molecule has 3 aromatic rings. The Kier molecular flexibility index (Phi) is 7.18. The Morgan fingerprint density at radius 3 is 2.53 bits per heavy atom. The van der Waals surface area contributed by atoms with E-state index in [2.05, 4.69) is 15.8 Å². The standard InChI is InChI=1S/C22H21N3O4S/c1-28-18-9-8-17(11-19(18)29-2)22(27)23-13-21(26)25-24-12-15-10-20(30-14-15)16-6-4-3-5-7-16/h3-12,14H,13H2,1-2H3,(H,23,27)(H,25,26)/b24-12+. The minimum Gasteiger partial charge on any atom is -0.493 e. The van der Waals surface area contributed by atoms with E-state index >= 15 is 0 Å². The van der Waals surface area contributed by atoms with Crippen molar-refractivity contribution < 1.29 is 19.1 Å². The number of thiophene rings is 1. The number of hydrogen-bond acceptors (Lipinski definition) is 6. The molecule has 0 saturated heterocycles. The average Bonchev–Trinajstić information content (AvgIpc) is 3.26.